The number of hydrogen-bond acceptors (Lipinski definition) is 3. The zero-order valence-electron chi connectivity index (χ0n) is 11.4. The van der Waals surface area contributed by atoms with Crippen molar-refractivity contribution < 1.29 is 18.6 Å². The third-order valence-corrected chi connectivity index (χ3v) is 3.00. The highest BCUT2D eigenvalue weighted by molar-refractivity contribution is 5.45. The van der Waals surface area contributed by atoms with Gasteiger partial charge in [-0.25, -0.2) is 0 Å². The summed E-state index contributed by atoms with van der Waals surface area (Å²) in [5.74, 6) is 0.155. The van der Waals surface area contributed by atoms with E-state index in [1.54, 1.807) is 12.1 Å². The number of benzene rings is 2. The van der Waals surface area contributed by atoms with Gasteiger partial charge in [0.15, 0.2) is 0 Å². The van der Waals surface area contributed by atoms with Crippen molar-refractivity contribution in [1.82, 2.24) is 0 Å². The van der Waals surface area contributed by atoms with E-state index in [0.29, 0.717) is 13.0 Å². The smallest absolute Gasteiger partial charge is 0.387 e. The quantitative estimate of drug-likeness (QED) is 0.821. The SMILES string of the molecule is OCCc1ccc(NCc2ccc(OC(F)F)cc2)cc1. The van der Waals surface area contributed by atoms with Crippen LogP contribution < -0.4 is 10.1 Å². The second-order valence-electron chi connectivity index (χ2n) is 4.55. The highest BCUT2D eigenvalue weighted by Crippen LogP contribution is 2.16. The van der Waals surface area contributed by atoms with Gasteiger partial charge in [0.1, 0.15) is 5.75 Å². The Morgan fingerprint density at radius 1 is 0.952 bits per heavy atom. The predicted molar refractivity (Wildman–Crippen MR) is 77.6 cm³/mol. The van der Waals surface area contributed by atoms with Crippen LogP contribution in [0.4, 0.5) is 14.5 Å². The number of alkyl halides is 2. The van der Waals surface area contributed by atoms with E-state index in [4.69, 9.17) is 5.11 Å². The van der Waals surface area contributed by atoms with Crippen LogP contribution in [0.2, 0.25) is 0 Å². The molecular formula is C16H17F2NO2. The number of aliphatic hydroxyl groups is 1. The number of nitrogens with one attached hydrogen (secondary N) is 1. The molecule has 0 atom stereocenters. The molecule has 0 aliphatic heterocycles. The van der Waals surface area contributed by atoms with Gasteiger partial charge in [0.25, 0.3) is 0 Å². The van der Waals surface area contributed by atoms with Crippen LogP contribution in [-0.4, -0.2) is 18.3 Å². The van der Waals surface area contributed by atoms with Crippen molar-refractivity contribution in [3.05, 3.63) is 59.7 Å². The van der Waals surface area contributed by atoms with Crippen LogP contribution in [0.15, 0.2) is 48.5 Å². The molecule has 2 rings (SSSR count). The van der Waals surface area contributed by atoms with Crippen molar-refractivity contribution >= 4 is 5.69 Å². The maximum atomic E-state index is 12.0. The van der Waals surface area contributed by atoms with Crippen LogP contribution in [-0.2, 0) is 13.0 Å². The molecule has 0 saturated heterocycles. The van der Waals surface area contributed by atoms with Crippen molar-refractivity contribution in [3.63, 3.8) is 0 Å². The molecule has 0 bridgehead atoms. The van der Waals surface area contributed by atoms with Gasteiger partial charge in [-0.05, 0) is 41.8 Å². The summed E-state index contributed by atoms with van der Waals surface area (Å²) in [6, 6.07) is 14.3. The van der Waals surface area contributed by atoms with Crippen LogP contribution >= 0.6 is 0 Å². The predicted octanol–water partition coefficient (Wildman–Crippen LogP) is 3.43. The van der Waals surface area contributed by atoms with Gasteiger partial charge in [0, 0.05) is 18.8 Å². The summed E-state index contributed by atoms with van der Waals surface area (Å²) >= 11 is 0. The molecule has 0 heterocycles. The van der Waals surface area contributed by atoms with Gasteiger partial charge in [0.2, 0.25) is 0 Å². The Kier molecular flexibility index (Phi) is 5.51. The lowest BCUT2D eigenvalue weighted by molar-refractivity contribution is -0.0498. The molecule has 0 radical (unpaired) electrons. The molecule has 2 N–H and O–H groups in total. The minimum absolute atomic E-state index is 0.139. The average Bonchev–Trinajstić information content (AvgIpc) is 2.48. The third-order valence-electron chi connectivity index (χ3n) is 3.00. The Balaban J connectivity index is 1.87. The molecule has 2 aromatic rings. The van der Waals surface area contributed by atoms with E-state index in [2.05, 4.69) is 10.1 Å². The first-order valence-corrected chi connectivity index (χ1v) is 6.65. The van der Waals surface area contributed by atoms with Crippen LogP contribution in [0.5, 0.6) is 5.75 Å². The summed E-state index contributed by atoms with van der Waals surface area (Å²) in [4.78, 5) is 0. The number of hydrogen-bond donors (Lipinski definition) is 2. The normalized spacial score (nSPS) is 10.7. The summed E-state index contributed by atoms with van der Waals surface area (Å²) in [7, 11) is 0. The van der Waals surface area contributed by atoms with Crippen molar-refractivity contribution in [2.45, 2.75) is 19.6 Å². The van der Waals surface area contributed by atoms with E-state index in [-0.39, 0.29) is 12.4 Å². The van der Waals surface area contributed by atoms with Crippen LogP contribution in [0.3, 0.4) is 0 Å². The molecule has 112 valence electrons. The topological polar surface area (TPSA) is 41.5 Å². The van der Waals surface area contributed by atoms with E-state index in [0.717, 1.165) is 16.8 Å². The number of ether oxygens (including phenoxy) is 1. The van der Waals surface area contributed by atoms with Gasteiger partial charge in [-0.3, -0.25) is 0 Å². The Morgan fingerprint density at radius 3 is 2.14 bits per heavy atom. The van der Waals surface area contributed by atoms with Gasteiger partial charge < -0.3 is 15.2 Å². The maximum Gasteiger partial charge on any atom is 0.387 e. The van der Waals surface area contributed by atoms with Crippen molar-refractivity contribution in [2.24, 2.45) is 0 Å². The zero-order chi connectivity index (χ0) is 15.1. The lowest BCUT2D eigenvalue weighted by Crippen LogP contribution is -2.03. The Morgan fingerprint density at radius 2 is 1.57 bits per heavy atom. The molecule has 0 aliphatic carbocycles. The fourth-order valence-corrected chi connectivity index (χ4v) is 1.91. The lowest BCUT2D eigenvalue weighted by Gasteiger charge is -2.09. The molecule has 0 aliphatic rings. The molecule has 0 spiro atoms. The molecule has 5 heteroatoms. The minimum atomic E-state index is -2.80. The van der Waals surface area contributed by atoms with E-state index >= 15 is 0 Å². The molecule has 0 saturated carbocycles. The second-order valence-corrected chi connectivity index (χ2v) is 4.55. The first-order chi connectivity index (χ1) is 10.2. The first kappa shape index (κ1) is 15.3. The van der Waals surface area contributed by atoms with Crippen LogP contribution in [0.1, 0.15) is 11.1 Å². The fraction of sp³-hybridized carbons (Fsp3) is 0.250. The Hall–Kier alpha value is -2.14. The molecule has 0 fully saturated rings. The van der Waals surface area contributed by atoms with E-state index in [1.807, 2.05) is 24.3 Å². The van der Waals surface area contributed by atoms with E-state index in [1.165, 1.54) is 12.1 Å². The summed E-state index contributed by atoms with van der Waals surface area (Å²) in [6.07, 6.45) is 0.645. The maximum absolute atomic E-state index is 12.0. The first-order valence-electron chi connectivity index (χ1n) is 6.65. The standard InChI is InChI=1S/C16H17F2NO2/c17-16(18)21-15-7-3-13(4-8-15)11-19-14-5-1-12(2-6-14)9-10-20/h1-8,16,19-20H,9-11H2. The highest BCUT2D eigenvalue weighted by atomic mass is 19.3. The molecule has 21 heavy (non-hydrogen) atoms. The number of anilines is 1. The zero-order valence-corrected chi connectivity index (χ0v) is 11.4. The largest absolute Gasteiger partial charge is 0.435 e. The van der Waals surface area contributed by atoms with Crippen molar-refractivity contribution in [2.75, 3.05) is 11.9 Å². The molecule has 3 nitrogen and oxygen atoms in total. The summed E-state index contributed by atoms with van der Waals surface area (Å²) in [5.41, 5.74) is 3.01. The molecular weight excluding hydrogens is 276 g/mol. The third kappa shape index (κ3) is 5.04. The van der Waals surface area contributed by atoms with Crippen LogP contribution in [0, 0.1) is 0 Å². The molecule has 2 aromatic carbocycles. The van der Waals surface area contributed by atoms with Gasteiger partial charge >= 0.3 is 6.61 Å². The summed E-state index contributed by atoms with van der Waals surface area (Å²) in [6.45, 7) is -2.07. The Labute approximate surface area is 122 Å². The fourth-order valence-electron chi connectivity index (χ4n) is 1.91. The highest BCUT2D eigenvalue weighted by Gasteiger charge is 2.03. The number of halogens is 2. The average molecular weight is 293 g/mol. The van der Waals surface area contributed by atoms with E-state index < -0.39 is 6.61 Å². The monoisotopic (exact) mass is 293 g/mol. The van der Waals surface area contributed by atoms with Gasteiger partial charge in [0.05, 0.1) is 0 Å². The minimum Gasteiger partial charge on any atom is -0.435 e. The van der Waals surface area contributed by atoms with Crippen LogP contribution in [0.25, 0.3) is 0 Å². The van der Waals surface area contributed by atoms with E-state index in [9.17, 15) is 8.78 Å². The Bertz CT molecular complexity index is 541. The summed E-state index contributed by atoms with van der Waals surface area (Å²) in [5, 5.41) is 12.1. The number of aliphatic hydroxyl groups excluding tert-OH is 1. The van der Waals surface area contributed by atoms with Gasteiger partial charge in [-0.1, -0.05) is 24.3 Å². The van der Waals surface area contributed by atoms with Crippen molar-refractivity contribution in [3.8, 4) is 5.75 Å². The van der Waals surface area contributed by atoms with Gasteiger partial charge in [-0.15, -0.1) is 0 Å². The molecule has 0 aromatic heterocycles. The number of rotatable bonds is 7. The van der Waals surface area contributed by atoms with Gasteiger partial charge in [-0.2, -0.15) is 8.78 Å². The lowest BCUT2D eigenvalue weighted by atomic mass is 10.1. The second kappa shape index (κ2) is 7.59. The molecule has 0 unspecified atom stereocenters. The van der Waals surface area contributed by atoms with Crippen molar-refractivity contribution in [1.29, 1.82) is 0 Å². The molecule has 0 amide bonds. The summed E-state index contributed by atoms with van der Waals surface area (Å²) < 4.78 is 28.3.